The maximum atomic E-state index is 11.9. The Labute approximate surface area is 114 Å². The largest absolute Gasteiger partial charge is 0.392 e. The van der Waals surface area contributed by atoms with Crippen LogP contribution in [0.2, 0.25) is 0 Å². The molecule has 0 spiro atoms. The van der Waals surface area contributed by atoms with Crippen LogP contribution in [-0.2, 0) is 9.84 Å². The fourth-order valence-electron chi connectivity index (χ4n) is 3.23. The molecule has 7 heteroatoms. The number of nitrogens with zero attached hydrogens (tertiary/aromatic N) is 2. The van der Waals surface area contributed by atoms with Gasteiger partial charge in [-0.1, -0.05) is 0 Å². The van der Waals surface area contributed by atoms with Crippen molar-refractivity contribution in [2.45, 2.75) is 38.1 Å². The summed E-state index contributed by atoms with van der Waals surface area (Å²) in [7, 11) is -3.01. The summed E-state index contributed by atoms with van der Waals surface area (Å²) in [6, 6.07) is -0.0980. The Morgan fingerprint density at radius 1 is 1.00 bits per heavy atom. The highest BCUT2D eigenvalue weighted by molar-refractivity contribution is 7.91. The first-order valence-electron chi connectivity index (χ1n) is 6.83. The fourth-order valence-corrected chi connectivity index (χ4v) is 5.27. The van der Waals surface area contributed by atoms with Gasteiger partial charge in [-0.05, 0) is 13.8 Å². The van der Waals surface area contributed by atoms with E-state index in [0.29, 0.717) is 13.1 Å². The number of piperazine rings is 1. The number of hydrogen-bond acceptors (Lipinski definition) is 6. The molecule has 2 saturated heterocycles. The Morgan fingerprint density at radius 3 is 1.68 bits per heavy atom. The number of rotatable bonds is 4. The molecule has 2 N–H and O–H groups in total. The second-order valence-corrected chi connectivity index (χ2v) is 8.05. The van der Waals surface area contributed by atoms with Crippen LogP contribution < -0.4 is 0 Å². The summed E-state index contributed by atoms with van der Waals surface area (Å²) in [5.41, 5.74) is 0. The van der Waals surface area contributed by atoms with Crippen molar-refractivity contribution in [1.29, 1.82) is 0 Å². The number of aliphatic hydroxyl groups excluding tert-OH is 2. The van der Waals surface area contributed by atoms with Crippen molar-refractivity contribution in [3.8, 4) is 0 Å². The van der Waals surface area contributed by atoms with Crippen LogP contribution in [0.15, 0.2) is 0 Å². The van der Waals surface area contributed by atoms with E-state index in [4.69, 9.17) is 0 Å². The Hall–Kier alpha value is -0.210. The number of hydrogen-bond donors (Lipinski definition) is 2. The lowest BCUT2D eigenvalue weighted by Crippen LogP contribution is -2.61. The standard InChI is InChI=1S/C12H24N2O4S/c1-9(15)5-13-3-4-14(6-10(2)16)12-8-19(17,18)7-11(12)13/h9-12,15-16H,3-8H2,1-2H3. The van der Waals surface area contributed by atoms with Gasteiger partial charge in [-0.2, -0.15) is 0 Å². The first kappa shape index (κ1) is 15.2. The second kappa shape index (κ2) is 5.65. The summed E-state index contributed by atoms with van der Waals surface area (Å²) in [6.07, 6.45) is -0.903. The number of aliphatic hydroxyl groups is 2. The smallest absolute Gasteiger partial charge is 0.153 e. The minimum atomic E-state index is -3.01. The molecule has 19 heavy (non-hydrogen) atoms. The summed E-state index contributed by atoms with van der Waals surface area (Å²) < 4.78 is 23.8. The van der Waals surface area contributed by atoms with Crippen molar-refractivity contribution in [3.05, 3.63) is 0 Å². The average Bonchev–Trinajstić information content (AvgIpc) is 2.57. The van der Waals surface area contributed by atoms with Crippen LogP contribution >= 0.6 is 0 Å². The van der Waals surface area contributed by atoms with E-state index < -0.39 is 22.0 Å². The van der Waals surface area contributed by atoms with E-state index in [-0.39, 0.29) is 23.6 Å². The summed E-state index contributed by atoms with van der Waals surface area (Å²) in [5.74, 6) is 0.335. The first-order valence-corrected chi connectivity index (χ1v) is 8.65. The number of fused-ring (bicyclic) bond motifs is 1. The van der Waals surface area contributed by atoms with Gasteiger partial charge >= 0.3 is 0 Å². The number of sulfone groups is 1. The van der Waals surface area contributed by atoms with Crippen LogP contribution in [0.4, 0.5) is 0 Å². The highest BCUT2D eigenvalue weighted by Crippen LogP contribution is 2.27. The average molecular weight is 292 g/mol. The predicted molar refractivity (Wildman–Crippen MR) is 72.7 cm³/mol. The Balaban J connectivity index is 2.13. The minimum Gasteiger partial charge on any atom is -0.392 e. The molecule has 2 aliphatic rings. The van der Waals surface area contributed by atoms with Gasteiger partial charge in [0.15, 0.2) is 9.84 Å². The molecule has 2 fully saturated rings. The zero-order valence-electron chi connectivity index (χ0n) is 11.6. The van der Waals surface area contributed by atoms with E-state index >= 15 is 0 Å². The van der Waals surface area contributed by atoms with Gasteiger partial charge in [0.25, 0.3) is 0 Å². The molecule has 0 aromatic carbocycles. The lowest BCUT2D eigenvalue weighted by atomic mass is 10.0. The van der Waals surface area contributed by atoms with Crippen molar-refractivity contribution in [3.63, 3.8) is 0 Å². The first-order chi connectivity index (χ1) is 8.78. The molecule has 0 aliphatic carbocycles. The van der Waals surface area contributed by atoms with Gasteiger partial charge in [0.05, 0.1) is 23.7 Å². The summed E-state index contributed by atoms with van der Waals surface area (Å²) in [5, 5.41) is 19.0. The Kier molecular flexibility index (Phi) is 4.52. The third-order valence-electron chi connectivity index (χ3n) is 3.90. The lowest BCUT2D eigenvalue weighted by Gasteiger charge is -2.44. The van der Waals surface area contributed by atoms with Crippen molar-refractivity contribution < 1.29 is 18.6 Å². The molecule has 0 saturated carbocycles. The van der Waals surface area contributed by atoms with Gasteiger partial charge < -0.3 is 10.2 Å². The highest BCUT2D eigenvalue weighted by Gasteiger charge is 2.46. The Bertz CT molecular complexity index is 378. The van der Waals surface area contributed by atoms with E-state index in [9.17, 15) is 18.6 Å². The normalized spacial score (nSPS) is 34.9. The maximum absolute atomic E-state index is 11.9. The molecular weight excluding hydrogens is 268 g/mol. The van der Waals surface area contributed by atoms with Crippen molar-refractivity contribution in [2.75, 3.05) is 37.7 Å². The molecule has 4 atom stereocenters. The molecule has 0 bridgehead atoms. The number of β-amino-alcohol motifs (C(OH)–C–C–N with tert-alkyl or cyclic N) is 2. The Morgan fingerprint density at radius 2 is 1.37 bits per heavy atom. The van der Waals surface area contributed by atoms with Crippen LogP contribution in [0.3, 0.4) is 0 Å². The zero-order valence-corrected chi connectivity index (χ0v) is 12.4. The molecule has 2 rings (SSSR count). The third kappa shape index (κ3) is 3.66. The van der Waals surface area contributed by atoms with E-state index in [1.807, 2.05) is 0 Å². The monoisotopic (exact) mass is 292 g/mol. The zero-order chi connectivity index (χ0) is 14.2. The fraction of sp³-hybridized carbons (Fsp3) is 1.00. The molecular formula is C12H24N2O4S. The second-order valence-electron chi connectivity index (χ2n) is 5.90. The topological polar surface area (TPSA) is 81.1 Å². The minimum absolute atomic E-state index is 0.0490. The molecule has 0 aromatic rings. The van der Waals surface area contributed by atoms with Crippen LogP contribution in [0.5, 0.6) is 0 Å². The predicted octanol–water partition coefficient (Wildman–Crippen LogP) is -1.47. The van der Waals surface area contributed by atoms with Crippen LogP contribution in [-0.4, -0.2) is 90.4 Å². The van der Waals surface area contributed by atoms with Gasteiger partial charge in [0, 0.05) is 38.3 Å². The molecule has 2 heterocycles. The quantitative estimate of drug-likeness (QED) is 0.658. The van der Waals surface area contributed by atoms with E-state index in [1.165, 1.54) is 0 Å². The van der Waals surface area contributed by atoms with Crippen LogP contribution in [0.25, 0.3) is 0 Å². The van der Waals surface area contributed by atoms with Crippen molar-refractivity contribution >= 4 is 9.84 Å². The lowest BCUT2D eigenvalue weighted by molar-refractivity contribution is 0.000933. The molecule has 6 nitrogen and oxygen atoms in total. The van der Waals surface area contributed by atoms with E-state index in [2.05, 4.69) is 9.80 Å². The third-order valence-corrected chi connectivity index (χ3v) is 5.60. The van der Waals surface area contributed by atoms with Gasteiger partial charge in [0.2, 0.25) is 0 Å². The van der Waals surface area contributed by atoms with Crippen molar-refractivity contribution in [1.82, 2.24) is 9.80 Å². The van der Waals surface area contributed by atoms with Gasteiger partial charge in [-0.25, -0.2) is 8.42 Å². The molecule has 0 amide bonds. The van der Waals surface area contributed by atoms with Crippen molar-refractivity contribution in [2.24, 2.45) is 0 Å². The molecule has 112 valence electrons. The maximum Gasteiger partial charge on any atom is 0.153 e. The summed E-state index contributed by atoms with van der Waals surface area (Å²) in [4.78, 5) is 4.16. The van der Waals surface area contributed by atoms with Gasteiger partial charge in [-0.15, -0.1) is 0 Å². The molecule has 0 radical (unpaired) electrons. The molecule has 0 aromatic heterocycles. The van der Waals surface area contributed by atoms with E-state index in [1.54, 1.807) is 13.8 Å². The summed E-state index contributed by atoms with van der Waals surface area (Å²) >= 11 is 0. The molecule has 2 aliphatic heterocycles. The van der Waals surface area contributed by atoms with Crippen LogP contribution in [0, 0.1) is 0 Å². The summed E-state index contributed by atoms with van der Waals surface area (Å²) in [6.45, 7) is 5.96. The molecule has 4 unspecified atom stereocenters. The van der Waals surface area contributed by atoms with Gasteiger partial charge in [-0.3, -0.25) is 9.80 Å². The van der Waals surface area contributed by atoms with Gasteiger partial charge in [0.1, 0.15) is 0 Å². The van der Waals surface area contributed by atoms with Crippen LogP contribution in [0.1, 0.15) is 13.8 Å². The highest BCUT2D eigenvalue weighted by atomic mass is 32.2. The SMILES string of the molecule is CC(O)CN1CCN(CC(C)O)C2CS(=O)(=O)CC21. The van der Waals surface area contributed by atoms with E-state index in [0.717, 1.165) is 13.1 Å².